The number of carbonyl (C=O) groups excluding carboxylic acids is 4. The Morgan fingerprint density at radius 2 is 1.42 bits per heavy atom. The van der Waals surface area contributed by atoms with Crippen LogP contribution in [0.15, 0.2) is 29.8 Å². The highest BCUT2D eigenvalue weighted by molar-refractivity contribution is 7.13. The molecule has 0 aliphatic carbocycles. The lowest BCUT2D eigenvalue weighted by Gasteiger charge is -2.35. The van der Waals surface area contributed by atoms with Crippen molar-refractivity contribution in [3.05, 3.63) is 41.0 Å². The summed E-state index contributed by atoms with van der Waals surface area (Å²) in [5, 5.41) is 19.3. The molecule has 0 radical (unpaired) electrons. The van der Waals surface area contributed by atoms with Crippen molar-refractivity contribution in [2.45, 2.75) is 175 Å². The van der Waals surface area contributed by atoms with Crippen molar-refractivity contribution in [3.8, 4) is 10.4 Å². The minimum atomic E-state index is -0.815. The lowest BCUT2D eigenvalue weighted by molar-refractivity contribution is -0.144. The molecule has 3 atom stereocenters. The molecule has 3 unspecified atom stereocenters. The Balaban J connectivity index is 1.29. The van der Waals surface area contributed by atoms with Gasteiger partial charge in [0, 0.05) is 32.5 Å². The Morgan fingerprint density at radius 1 is 0.855 bits per heavy atom. The number of unbranched alkanes of at least 4 members (excludes halogenated alkanes) is 12. The van der Waals surface area contributed by atoms with Gasteiger partial charge in [0.1, 0.15) is 17.7 Å². The van der Waals surface area contributed by atoms with Crippen LogP contribution in [0.3, 0.4) is 0 Å². The van der Waals surface area contributed by atoms with Crippen LogP contribution in [0, 0.1) is 12.3 Å². The van der Waals surface area contributed by atoms with Crippen molar-refractivity contribution >= 4 is 35.2 Å². The standard InChI is InChI=1S/C43H69N5O6S/c1-31-37(55-30-46-31)33-24-22-32(23-25-33)28-45-39(51)35-27-34(49)29-48(35)40(52)38(42(2,3)4)47-36(50)21-19-17-15-13-11-9-8-10-12-14-16-18-20-26-44-41(53)54-43(5,6)7/h22-25,30,34-35,38,49H,8-21,26-29H2,1-7H3,(H,44,53)(H,45,51)(H,47,50). The molecule has 0 bridgehead atoms. The SMILES string of the molecule is Cc1ncsc1-c1ccc(CNC(=O)C2CC(O)CN2C(=O)C(NC(=O)CCCCCCCCCCCCCCCNC(=O)OC(C)(C)C)C(C)(C)C)cc1. The smallest absolute Gasteiger partial charge is 0.407 e. The quantitative estimate of drug-likeness (QED) is 0.0880. The number of nitrogens with zero attached hydrogens (tertiary/aromatic N) is 2. The Bertz CT molecular complexity index is 1480. The molecule has 1 saturated heterocycles. The number of hydrogen-bond donors (Lipinski definition) is 4. The van der Waals surface area contributed by atoms with Gasteiger partial charge in [-0.25, -0.2) is 9.78 Å². The van der Waals surface area contributed by atoms with E-state index in [1.165, 1.54) is 49.8 Å². The third-order valence-corrected chi connectivity index (χ3v) is 10.9. The maximum atomic E-state index is 13.9. The molecule has 4 amide bonds. The van der Waals surface area contributed by atoms with E-state index in [4.69, 9.17) is 4.74 Å². The van der Waals surface area contributed by atoms with E-state index in [-0.39, 0.29) is 36.8 Å². The van der Waals surface area contributed by atoms with Crippen LogP contribution < -0.4 is 16.0 Å². The molecule has 1 aromatic carbocycles. The first-order valence-electron chi connectivity index (χ1n) is 20.6. The van der Waals surface area contributed by atoms with Gasteiger partial charge in [-0.05, 0) is 57.1 Å². The molecule has 2 aromatic rings. The summed E-state index contributed by atoms with van der Waals surface area (Å²) >= 11 is 1.59. The van der Waals surface area contributed by atoms with Crippen molar-refractivity contribution in [3.63, 3.8) is 0 Å². The Labute approximate surface area is 334 Å². The average molecular weight is 784 g/mol. The molecule has 1 aliphatic rings. The highest BCUT2D eigenvalue weighted by Gasteiger charge is 2.44. The molecule has 2 heterocycles. The van der Waals surface area contributed by atoms with E-state index >= 15 is 0 Å². The molecule has 1 aliphatic heterocycles. The first kappa shape index (κ1) is 45.9. The summed E-state index contributed by atoms with van der Waals surface area (Å²) in [4.78, 5) is 58.9. The van der Waals surface area contributed by atoms with Gasteiger partial charge in [-0.1, -0.05) is 116 Å². The summed E-state index contributed by atoms with van der Waals surface area (Å²) in [6, 6.07) is 6.34. The van der Waals surface area contributed by atoms with E-state index in [0.717, 1.165) is 60.2 Å². The Morgan fingerprint density at radius 3 is 1.95 bits per heavy atom. The number of aliphatic hydroxyl groups excluding tert-OH is 1. The summed E-state index contributed by atoms with van der Waals surface area (Å²) in [6.07, 6.45) is 14.1. The molecule has 4 N–H and O–H groups in total. The van der Waals surface area contributed by atoms with Crippen LogP contribution in [0.25, 0.3) is 10.4 Å². The fraction of sp³-hybridized carbons (Fsp3) is 0.698. The third-order valence-electron chi connectivity index (χ3n) is 9.96. The first-order valence-corrected chi connectivity index (χ1v) is 21.4. The number of ether oxygens (including phenoxy) is 1. The largest absolute Gasteiger partial charge is 0.444 e. The zero-order chi connectivity index (χ0) is 40.4. The number of aryl methyl sites for hydroxylation is 1. The lowest BCUT2D eigenvalue weighted by atomic mass is 9.85. The molecule has 1 aromatic heterocycles. The summed E-state index contributed by atoms with van der Waals surface area (Å²) in [6.45, 7) is 14.3. The topological polar surface area (TPSA) is 150 Å². The van der Waals surface area contributed by atoms with Crippen LogP contribution >= 0.6 is 11.3 Å². The van der Waals surface area contributed by atoms with Crippen LogP contribution in [0.5, 0.6) is 0 Å². The number of thiazole rings is 1. The number of likely N-dealkylation sites (tertiary alicyclic amines) is 1. The molecule has 12 heteroatoms. The molecular weight excluding hydrogens is 715 g/mol. The molecule has 0 saturated carbocycles. The molecule has 55 heavy (non-hydrogen) atoms. The first-order chi connectivity index (χ1) is 26.0. The number of rotatable bonds is 22. The van der Waals surface area contributed by atoms with Crippen LogP contribution in [0.2, 0.25) is 0 Å². The van der Waals surface area contributed by atoms with Gasteiger partial charge in [-0.15, -0.1) is 11.3 Å². The summed E-state index contributed by atoms with van der Waals surface area (Å²) < 4.78 is 5.25. The maximum Gasteiger partial charge on any atom is 0.407 e. The van der Waals surface area contributed by atoms with Crippen LogP contribution in [-0.2, 0) is 25.7 Å². The predicted molar refractivity (Wildman–Crippen MR) is 221 cm³/mol. The number of β-amino-alcohol motifs (C(OH)–C–C–N with tert-alkyl or cyclic N) is 1. The minimum absolute atomic E-state index is 0.0545. The second-order valence-electron chi connectivity index (χ2n) is 17.2. The second-order valence-corrected chi connectivity index (χ2v) is 18.1. The molecule has 3 rings (SSSR count). The fourth-order valence-corrected chi connectivity index (χ4v) is 7.68. The van der Waals surface area contributed by atoms with Crippen LogP contribution in [-0.4, -0.2) is 75.7 Å². The number of carbonyl (C=O) groups is 4. The fourth-order valence-electron chi connectivity index (χ4n) is 6.87. The summed E-state index contributed by atoms with van der Waals surface area (Å²) in [5.41, 5.74) is 3.77. The molecule has 1 fully saturated rings. The van der Waals surface area contributed by atoms with Crippen molar-refractivity contribution < 1.29 is 29.0 Å². The van der Waals surface area contributed by atoms with Gasteiger partial charge in [-0.3, -0.25) is 14.4 Å². The monoisotopic (exact) mass is 783 g/mol. The molecule has 11 nitrogen and oxygen atoms in total. The van der Waals surface area contributed by atoms with Gasteiger partial charge in [0.25, 0.3) is 0 Å². The number of aromatic nitrogens is 1. The number of aliphatic hydroxyl groups is 1. The minimum Gasteiger partial charge on any atom is -0.444 e. The van der Waals surface area contributed by atoms with Gasteiger partial charge in [0.2, 0.25) is 17.7 Å². The zero-order valence-corrected chi connectivity index (χ0v) is 35.5. The predicted octanol–water partition coefficient (Wildman–Crippen LogP) is 8.21. The highest BCUT2D eigenvalue weighted by atomic mass is 32.1. The highest BCUT2D eigenvalue weighted by Crippen LogP contribution is 2.28. The number of benzene rings is 1. The molecule has 308 valence electrons. The van der Waals surface area contributed by atoms with E-state index in [2.05, 4.69) is 20.9 Å². The number of amides is 4. The third kappa shape index (κ3) is 17.0. The molecular formula is C43H69N5O6S. The maximum absolute atomic E-state index is 13.9. The van der Waals surface area contributed by atoms with Gasteiger partial charge < -0.3 is 30.7 Å². The van der Waals surface area contributed by atoms with Gasteiger partial charge in [-0.2, -0.15) is 0 Å². The lowest BCUT2D eigenvalue weighted by Crippen LogP contribution is -2.57. The van der Waals surface area contributed by atoms with Crippen molar-refractivity contribution in [1.29, 1.82) is 0 Å². The van der Waals surface area contributed by atoms with Crippen molar-refractivity contribution in [2.75, 3.05) is 13.1 Å². The summed E-state index contributed by atoms with van der Waals surface area (Å²) in [7, 11) is 0. The van der Waals surface area contributed by atoms with Gasteiger partial charge in [0.05, 0.1) is 22.2 Å². The van der Waals surface area contributed by atoms with E-state index in [9.17, 15) is 24.3 Å². The van der Waals surface area contributed by atoms with E-state index < -0.39 is 29.2 Å². The van der Waals surface area contributed by atoms with Crippen molar-refractivity contribution in [1.82, 2.24) is 25.8 Å². The van der Waals surface area contributed by atoms with E-state index in [1.807, 2.05) is 78.2 Å². The number of alkyl carbamates (subject to hydrolysis) is 1. The van der Waals surface area contributed by atoms with Crippen LogP contribution in [0.1, 0.15) is 149 Å². The number of nitrogens with one attached hydrogen (secondary N) is 3. The van der Waals surface area contributed by atoms with E-state index in [1.54, 1.807) is 11.3 Å². The Kier molecular flexibility index (Phi) is 19.1. The zero-order valence-electron chi connectivity index (χ0n) is 34.6. The Hall–Kier alpha value is -3.51. The normalized spacial score (nSPS) is 16.5. The molecule has 0 spiro atoms. The van der Waals surface area contributed by atoms with Gasteiger partial charge in [0.15, 0.2) is 0 Å². The second kappa shape index (κ2) is 22.9. The van der Waals surface area contributed by atoms with Gasteiger partial charge >= 0.3 is 6.09 Å². The van der Waals surface area contributed by atoms with Crippen molar-refractivity contribution in [2.24, 2.45) is 5.41 Å². The number of hydrogen-bond acceptors (Lipinski definition) is 8. The van der Waals surface area contributed by atoms with Crippen LogP contribution in [0.4, 0.5) is 4.79 Å². The van der Waals surface area contributed by atoms with E-state index in [0.29, 0.717) is 19.5 Å². The average Bonchev–Trinajstić information content (AvgIpc) is 3.73. The summed E-state index contributed by atoms with van der Waals surface area (Å²) in [5.74, 6) is -0.816.